The lowest BCUT2D eigenvalue weighted by Crippen LogP contribution is -2.19. The van der Waals surface area contributed by atoms with Crippen LogP contribution in [0.3, 0.4) is 0 Å². The Balaban J connectivity index is 1.45. The molecule has 3 heterocycles. The Morgan fingerprint density at radius 3 is 2.50 bits per heavy atom. The molecule has 0 aliphatic heterocycles. The van der Waals surface area contributed by atoms with Gasteiger partial charge in [0.1, 0.15) is 30.3 Å². The first-order valence-electron chi connectivity index (χ1n) is 13.2. The molecule has 1 saturated carbocycles. The minimum absolute atomic E-state index is 0.0421. The molecule has 11 nitrogen and oxygen atoms in total. The molecule has 0 saturated heterocycles. The summed E-state index contributed by atoms with van der Waals surface area (Å²) in [7, 11) is 9.35. The van der Waals surface area contributed by atoms with Crippen LogP contribution in [0.15, 0.2) is 55.1 Å². The van der Waals surface area contributed by atoms with Crippen molar-refractivity contribution in [3.63, 3.8) is 0 Å². The van der Waals surface area contributed by atoms with E-state index in [4.69, 9.17) is 9.47 Å². The summed E-state index contributed by atoms with van der Waals surface area (Å²) in [6.45, 7) is 1.40. The molecule has 0 atom stereocenters. The van der Waals surface area contributed by atoms with E-state index in [9.17, 15) is 4.79 Å². The fourth-order valence-electron chi connectivity index (χ4n) is 4.33. The number of para-hydroxylation sites is 1. The van der Waals surface area contributed by atoms with Crippen LogP contribution in [0.1, 0.15) is 23.2 Å². The Hall–Kier alpha value is -4.51. The molecule has 1 N–H and O–H groups in total. The van der Waals surface area contributed by atoms with Crippen molar-refractivity contribution < 1.29 is 14.3 Å². The van der Waals surface area contributed by atoms with Crippen LogP contribution >= 0.6 is 0 Å². The third-order valence-electron chi connectivity index (χ3n) is 6.66. The summed E-state index contributed by atoms with van der Waals surface area (Å²) >= 11 is 0. The van der Waals surface area contributed by atoms with Crippen molar-refractivity contribution in [2.45, 2.75) is 12.8 Å². The summed E-state index contributed by atoms with van der Waals surface area (Å²) in [6, 6.07) is 11.4. The molecule has 0 spiro atoms. The standard InChI is InChI=1S/C29H34N8O3/c1-35(2)13-14-40-20-11-12-25(30-16-20)33-26-15-24(22(17-31-26)27(38)19-9-10-19)37(4)23-8-6-7-21(28(23)39-5)29-32-18-36(3)34-29/h6-8,11-12,15-19H,9-10,13-14H2,1-5H3,(H,30,31,33). The molecule has 1 fully saturated rings. The molecule has 11 heteroatoms. The van der Waals surface area contributed by atoms with Crippen LogP contribution in [0.5, 0.6) is 11.5 Å². The van der Waals surface area contributed by atoms with Crippen LogP contribution < -0.4 is 19.7 Å². The molecule has 5 rings (SSSR count). The molecule has 0 bridgehead atoms. The number of aromatic nitrogens is 5. The van der Waals surface area contributed by atoms with Gasteiger partial charge >= 0.3 is 0 Å². The first kappa shape index (κ1) is 27.1. The van der Waals surface area contributed by atoms with Gasteiger partial charge < -0.3 is 24.6 Å². The van der Waals surface area contributed by atoms with Gasteiger partial charge in [-0.05, 0) is 51.2 Å². The average molecular weight is 543 g/mol. The average Bonchev–Trinajstić information content (AvgIpc) is 3.72. The maximum Gasteiger partial charge on any atom is 0.184 e. The monoisotopic (exact) mass is 542 g/mol. The van der Waals surface area contributed by atoms with Gasteiger partial charge in [-0.15, -0.1) is 0 Å². The predicted molar refractivity (Wildman–Crippen MR) is 154 cm³/mol. The second kappa shape index (κ2) is 11.7. The molecule has 208 valence electrons. The van der Waals surface area contributed by atoms with Gasteiger partial charge in [0, 0.05) is 38.8 Å². The van der Waals surface area contributed by atoms with Crippen LogP contribution in [-0.4, -0.2) is 76.8 Å². The summed E-state index contributed by atoms with van der Waals surface area (Å²) in [5, 5.41) is 7.70. The predicted octanol–water partition coefficient (Wildman–Crippen LogP) is 4.33. The van der Waals surface area contributed by atoms with Gasteiger partial charge in [0.15, 0.2) is 17.4 Å². The highest BCUT2D eigenvalue weighted by atomic mass is 16.5. The highest BCUT2D eigenvalue weighted by Crippen LogP contribution is 2.42. The fourth-order valence-corrected chi connectivity index (χ4v) is 4.33. The summed E-state index contributed by atoms with van der Waals surface area (Å²) in [6.07, 6.45) is 6.77. The molecule has 0 radical (unpaired) electrons. The summed E-state index contributed by atoms with van der Waals surface area (Å²) in [5.41, 5.74) is 2.80. The number of carbonyl (C=O) groups is 1. The largest absolute Gasteiger partial charge is 0.494 e. The number of carbonyl (C=O) groups excluding carboxylic acids is 1. The first-order chi connectivity index (χ1) is 19.3. The zero-order valence-corrected chi connectivity index (χ0v) is 23.5. The van der Waals surface area contributed by atoms with E-state index in [0.717, 1.165) is 30.6 Å². The van der Waals surface area contributed by atoms with Gasteiger partial charge in [-0.2, -0.15) is 5.10 Å². The topological polar surface area (TPSA) is 111 Å². The van der Waals surface area contributed by atoms with Gasteiger partial charge in [-0.1, -0.05) is 6.07 Å². The second-order valence-corrected chi connectivity index (χ2v) is 10.0. The van der Waals surface area contributed by atoms with Crippen molar-refractivity contribution >= 4 is 28.8 Å². The number of nitrogens with zero attached hydrogens (tertiary/aromatic N) is 7. The van der Waals surface area contributed by atoms with Crippen molar-refractivity contribution in [2.75, 3.05) is 51.6 Å². The maximum absolute atomic E-state index is 13.3. The lowest BCUT2D eigenvalue weighted by atomic mass is 10.1. The zero-order chi connectivity index (χ0) is 28.2. The Morgan fingerprint density at radius 1 is 1.05 bits per heavy atom. The van der Waals surface area contributed by atoms with Crippen LogP contribution in [0.25, 0.3) is 11.4 Å². The Morgan fingerprint density at radius 2 is 1.85 bits per heavy atom. The molecule has 1 aliphatic carbocycles. The number of anilines is 4. The minimum Gasteiger partial charge on any atom is -0.494 e. The first-order valence-corrected chi connectivity index (χ1v) is 13.2. The Labute approximate surface area is 233 Å². The third-order valence-corrected chi connectivity index (χ3v) is 6.66. The molecule has 40 heavy (non-hydrogen) atoms. The maximum atomic E-state index is 13.3. The smallest absolute Gasteiger partial charge is 0.184 e. The van der Waals surface area contributed by atoms with Gasteiger partial charge in [0.05, 0.1) is 35.8 Å². The van der Waals surface area contributed by atoms with Gasteiger partial charge in [-0.3, -0.25) is 9.48 Å². The SMILES string of the molecule is COc1c(-c2ncn(C)n2)cccc1N(C)c1cc(Nc2ccc(OCCN(C)C)cn2)ncc1C(=O)C1CC1. The van der Waals surface area contributed by atoms with E-state index in [-0.39, 0.29) is 11.7 Å². The van der Waals surface area contributed by atoms with Crippen molar-refractivity contribution in [3.05, 3.63) is 60.7 Å². The van der Waals surface area contributed by atoms with Crippen LogP contribution in [0.4, 0.5) is 23.0 Å². The molecule has 4 aromatic rings. The normalized spacial score (nSPS) is 12.8. The number of nitrogens with one attached hydrogen (secondary N) is 1. The van der Waals surface area contributed by atoms with E-state index in [2.05, 4.69) is 30.3 Å². The molecular formula is C29H34N8O3. The summed E-state index contributed by atoms with van der Waals surface area (Å²) in [5.74, 6) is 3.17. The number of hydrogen-bond acceptors (Lipinski definition) is 10. The number of Topliss-reactive ketones (excluding diaryl/α,β-unsaturated/α-hetero) is 1. The summed E-state index contributed by atoms with van der Waals surface area (Å²) in [4.78, 5) is 30.7. The van der Waals surface area contributed by atoms with Crippen LogP contribution in [0.2, 0.25) is 0 Å². The van der Waals surface area contributed by atoms with Crippen LogP contribution in [-0.2, 0) is 7.05 Å². The number of hydrogen-bond donors (Lipinski definition) is 1. The van der Waals surface area contributed by atoms with E-state index in [1.54, 1.807) is 30.5 Å². The number of pyridine rings is 2. The van der Waals surface area contributed by atoms with Crippen molar-refractivity contribution in [2.24, 2.45) is 13.0 Å². The van der Waals surface area contributed by atoms with Crippen molar-refractivity contribution in [3.8, 4) is 22.9 Å². The Kier molecular flexibility index (Phi) is 7.92. The van der Waals surface area contributed by atoms with E-state index in [0.29, 0.717) is 46.8 Å². The number of rotatable bonds is 12. The molecule has 1 aromatic carbocycles. The number of methoxy groups -OCH3 is 1. The fraction of sp³-hybridized carbons (Fsp3) is 0.345. The second-order valence-electron chi connectivity index (χ2n) is 10.0. The zero-order valence-electron chi connectivity index (χ0n) is 23.5. The van der Waals surface area contributed by atoms with Crippen molar-refractivity contribution in [1.29, 1.82) is 0 Å². The highest BCUT2D eigenvalue weighted by molar-refractivity contribution is 6.05. The van der Waals surface area contributed by atoms with E-state index >= 15 is 0 Å². The van der Waals surface area contributed by atoms with Crippen LogP contribution in [0, 0.1) is 5.92 Å². The molecular weight excluding hydrogens is 508 g/mol. The molecule has 3 aromatic heterocycles. The number of ketones is 1. The number of benzene rings is 1. The van der Waals surface area contributed by atoms with Gasteiger partial charge in [0.25, 0.3) is 0 Å². The molecule has 0 amide bonds. The van der Waals surface area contributed by atoms with E-state index < -0.39 is 0 Å². The molecule has 0 unspecified atom stereocenters. The quantitative estimate of drug-likeness (QED) is 0.260. The third kappa shape index (κ3) is 6.04. The van der Waals surface area contributed by atoms with E-state index in [1.165, 1.54) is 0 Å². The number of ether oxygens (including phenoxy) is 2. The minimum atomic E-state index is 0.0421. The number of likely N-dealkylation sites (N-methyl/N-ethyl adjacent to an activating group) is 1. The van der Waals surface area contributed by atoms with E-state index in [1.807, 2.05) is 69.5 Å². The summed E-state index contributed by atoms with van der Waals surface area (Å²) < 4.78 is 13.2. The van der Waals surface area contributed by atoms with Crippen molar-refractivity contribution in [1.82, 2.24) is 29.6 Å². The lowest BCUT2D eigenvalue weighted by Gasteiger charge is -2.25. The Bertz CT molecular complexity index is 1480. The molecule has 1 aliphatic rings. The highest BCUT2D eigenvalue weighted by Gasteiger charge is 2.33. The number of aryl methyl sites for hydroxylation is 1. The van der Waals surface area contributed by atoms with Gasteiger partial charge in [-0.25, -0.2) is 15.0 Å². The lowest BCUT2D eigenvalue weighted by molar-refractivity contribution is 0.0968. The van der Waals surface area contributed by atoms with Gasteiger partial charge in [0.2, 0.25) is 0 Å².